The monoisotopic (exact) mass is 518 g/mol. The highest BCUT2D eigenvalue weighted by Crippen LogP contribution is 2.30. The number of benzene rings is 1. The number of nitrogens with one attached hydrogen (secondary N) is 1. The van der Waals surface area contributed by atoms with Gasteiger partial charge in [-0.25, -0.2) is 9.97 Å². The fraction of sp³-hybridized carbons (Fsp3) is 0.200. The molecule has 1 aromatic carbocycles. The first-order chi connectivity index (χ1) is 17.5. The van der Waals surface area contributed by atoms with Crippen LogP contribution in [0.3, 0.4) is 0 Å². The van der Waals surface area contributed by atoms with Crippen LogP contribution in [-0.2, 0) is 6.54 Å². The molecule has 0 aliphatic carbocycles. The van der Waals surface area contributed by atoms with E-state index in [9.17, 15) is 14.7 Å². The average Bonchev–Trinajstić information content (AvgIpc) is 3.66. The molecular weight excluding hydrogens is 496 g/mol. The largest absolute Gasteiger partial charge is 0.391 e. The lowest BCUT2D eigenvalue weighted by atomic mass is 10.2. The maximum Gasteiger partial charge on any atom is 0.273 e. The molecule has 0 bridgehead atoms. The van der Waals surface area contributed by atoms with Gasteiger partial charge in [0, 0.05) is 36.8 Å². The minimum atomic E-state index is -0.528. The average molecular weight is 519 g/mol. The van der Waals surface area contributed by atoms with Crippen LogP contribution in [0, 0.1) is 0 Å². The molecule has 5 aromatic rings. The van der Waals surface area contributed by atoms with E-state index in [0.717, 1.165) is 21.3 Å². The lowest BCUT2D eigenvalue weighted by molar-refractivity contribution is 0.0758. The molecule has 0 saturated carbocycles. The van der Waals surface area contributed by atoms with Gasteiger partial charge in [-0.05, 0) is 47.7 Å². The minimum absolute atomic E-state index is 0.213. The van der Waals surface area contributed by atoms with Gasteiger partial charge in [-0.3, -0.25) is 14.0 Å². The summed E-state index contributed by atoms with van der Waals surface area (Å²) in [4.78, 5) is 37.4. The number of aromatic nitrogens is 3. The zero-order valence-electron chi connectivity index (χ0n) is 19.0. The third-order valence-electron chi connectivity index (χ3n) is 6.26. The maximum atomic E-state index is 13.5. The summed E-state index contributed by atoms with van der Waals surface area (Å²) in [5.41, 5.74) is 10.1. The Balaban J connectivity index is 1.34. The Labute approximate surface area is 213 Å². The first-order valence-electron chi connectivity index (χ1n) is 11.4. The molecule has 0 spiro atoms. The van der Waals surface area contributed by atoms with Crippen LogP contribution < -0.4 is 11.1 Å². The fourth-order valence-electron chi connectivity index (χ4n) is 4.50. The molecule has 1 aliphatic rings. The summed E-state index contributed by atoms with van der Waals surface area (Å²) in [7, 11) is 0. The number of aliphatic hydroxyl groups excluding tert-OH is 1. The molecule has 5 heterocycles. The van der Waals surface area contributed by atoms with Crippen LogP contribution in [0.2, 0.25) is 0 Å². The zero-order chi connectivity index (χ0) is 24.8. The van der Waals surface area contributed by atoms with Gasteiger partial charge in [0.05, 0.1) is 21.9 Å². The van der Waals surface area contributed by atoms with E-state index in [2.05, 4.69) is 10.3 Å². The number of amides is 2. The van der Waals surface area contributed by atoms with Gasteiger partial charge in [0.1, 0.15) is 11.4 Å². The summed E-state index contributed by atoms with van der Waals surface area (Å²) in [5, 5.41) is 17.3. The molecule has 9 nitrogen and oxygen atoms in total. The number of likely N-dealkylation sites (tertiary alicyclic amines) is 1. The Bertz CT molecular complexity index is 1610. The number of imidazole rings is 1. The molecular formula is C25H22N6O3S2. The number of hydrogen-bond acceptors (Lipinski definition) is 8. The molecule has 4 N–H and O–H groups in total. The molecule has 36 heavy (non-hydrogen) atoms. The fourth-order valence-corrected chi connectivity index (χ4v) is 5.94. The van der Waals surface area contributed by atoms with Crippen LogP contribution in [0.4, 0.5) is 5.13 Å². The number of hydrogen-bond donors (Lipinski definition) is 3. The molecule has 1 aliphatic heterocycles. The molecule has 1 saturated heterocycles. The van der Waals surface area contributed by atoms with Crippen molar-refractivity contribution in [2.24, 2.45) is 0 Å². The molecule has 11 heteroatoms. The van der Waals surface area contributed by atoms with Crippen molar-refractivity contribution in [1.29, 1.82) is 0 Å². The van der Waals surface area contributed by atoms with E-state index in [4.69, 9.17) is 10.7 Å². The van der Waals surface area contributed by atoms with Crippen LogP contribution >= 0.6 is 22.7 Å². The first-order valence-corrected chi connectivity index (χ1v) is 13.2. The van der Waals surface area contributed by atoms with Crippen molar-refractivity contribution in [3.63, 3.8) is 0 Å². The second-order valence-electron chi connectivity index (χ2n) is 8.67. The van der Waals surface area contributed by atoms with Gasteiger partial charge in [-0.15, -0.1) is 0 Å². The smallest absolute Gasteiger partial charge is 0.273 e. The topological polar surface area (TPSA) is 126 Å². The van der Waals surface area contributed by atoms with Gasteiger partial charge >= 0.3 is 0 Å². The van der Waals surface area contributed by atoms with Crippen LogP contribution in [0.25, 0.3) is 27.1 Å². The van der Waals surface area contributed by atoms with Gasteiger partial charge in [-0.1, -0.05) is 17.4 Å². The van der Waals surface area contributed by atoms with E-state index in [1.165, 1.54) is 22.7 Å². The summed E-state index contributed by atoms with van der Waals surface area (Å²) in [5.74, 6) is -0.503. The standard InChI is InChI=1S/C25H22N6O3S2/c26-25-28-18-4-3-14(10-19(18)36-25)11-27-23(33)17-2-1-7-31-21(24(34)30-8-5-16(32)12-30)20(29-22(17)31)15-6-9-35-13-15/h1-4,6-7,9-10,13,16,32H,5,8,11-12H2,(H2,26,28)(H,27,33)/t16-/m0/s1. The predicted octanol–water partition coefficient (Wildman–Crippen LogP) is 3.39. The summed E-state index contributed by atoms with van der Waals surface area (Å²) in [6, 6.07) is 11.1. The van der Waals surface area contributed by atoms with Gasteiger partial charge < -0.3 is 21.1 Å². The number of nitrogens with two attached hydrogens (primary N) is 1. The molecule has 0 unspecified atom stereocenters. The second-order valence-corrected chi connectivity index (χ2v) is 10.5. The van der Waals surface area contributed by atoms with E-state index < -0.39 is 6.10 Å². The molecule has 1 atom stereocenters. The first kappa shape index (κ1) is 22.7. The van der Waals surface area contributed by atoms with E-state index in [1.807, 2.05) is 35.0 Å². The van der Waals surface area contributed by atoms with Crippen LogP contribution in [0.5, 0.6) is 0 Å². The maximum absolute atomic E-state index is 13.5. The van der Waals surface area contributed by atoms with Crippen LogP contribution in [-0.4, -0.2) is 55.4 Å². The molecule has 6 rings (SSSR count). The quantitative estimate of drug-likeness (QED) is 0.327. The molecule has 2 amide bonds. The van der Waals surface area contributed by atoms with Crippen LogP contribution in [0.1, 0.15) is 32.8 Å². The Morgan fingerprint density at radius 2 is 2.11 bits per heavy atom. The number of rotatable bonds is 5. The highest BCUT2D eigenvalue weighted by atomic mass is 32.1. The van der Waals surface area contributed by atoms with E-state index >= 15 is 0 Å². The normalized spacial score (nSPS) is 15.7. The Hall–Kier alpha value is -3.80. The van der Waals surface area contributed by atoms with Crippen molar-refractivity contribution in [3.8, 4) is 11.3 Å². The lowest BCUT2D eigenvalue weighted by Crippen LogP contribution is -2.31. The highest BCUT2D eigenvalue weighted by molar-refractivity contribution is 7.22. The number of anilines is 1. The SMILES string of the molecule is Nc1nc2ccc(CNC(=O)c3cccn4c(C(=O)N5CC[C@H](O)C5)c(-c5ccsc5)nc34)cc2s1. The number of nitrogens with zero attached hydrogens (tertiary/aromatic N) is 4. The summed E-state index contributed by atoms with van der Waals surface area (Å²) in [6.45, 7) is 1.08. The number of thiazole rings is 1. The summed E-state index contributed by atoms with van der Waals surface area (Å²) < 4.78 is 2.64. The van der Waals surface area contributed by atoms with Crippen molar-refractivity contribution in [2.75, 3.05) is 18.8 Å². The van der Waals surface area contributed by atoms with Gasteiger partial charge in [0.15, 0.2) is 10.8 Å². The minimum Gasteiger partial charge on any atom is -0.391 e. The van der Waals surface area contributed by atoms with Gasteiger partial charge in [0.2, 0.25) is 0 Å². The number of carbonyl (C=O) groups excluding carboxylic acids is 2. The summed E-state index contributed by atoms with van der Waals surface area (Å²) in [6.07, 6.45) is 1.76. The number of thiophene rings is 1. The van der Waals surface area contributed by atoms with Crippen molar-refractivity contribution >= 4 is 55.5 Å². The van der Waals surface area contributed by atoms with E-state index in [-0.39, 0.29) is 18.4 Å². The second kappa shape index (κ2) is 9.01. The Kier molecular flexibility index (Phi) is 5.67. The number of β-amino-alcohol motifs (C(OH)–C–C–N with tert-alkyl or cyclic N) is 1. The zero-order valence-corrected chi connectivity index (χ0v) is 20.7. The number of nitrogen functional groups attached to an aromatic ring is 1. The number of pyridine rings is 1. The third-order valence-corrected chi connectivity index (χ3v) is 7.80. The predicted molar refractivity (Wildman–Crippen MR) is 140 cm³/mol. The number of aliphatic hydroxyl groups is 1. The molecule has 1 fully saturated rings. The number of fused-ring (bicyclic) bond motifs is 2. The molecule has 0 radical (unpaired) electrons. The van der Waals surface area contributed by atoms with Crippen molar-refractivity contribution in [2.45, 2.75) is 19.1 Å². The lowest BCUT2D eigenvalue weighted by Gasteiger charge is -2.16. The number of carbonyl (C=O) groups is 2. The molecule has 182 valence electrons. The van der Waals surface area contributed by atoms with Crippen molar-refractivity contribution in [1.82, 2.24) is 24.6 Å². The van der Waals surface area contributed by atoms with E-state index in [0.29, 0.717) is 47.2 Å². The molecule has 4 aromatic heterocycles. The van der Waals surface area contributed by atoms with Crippen molar-refractivity contribution < 1.29 is 14.7 Å². The Morgan fingerprint density at radius 1 is 1.22 bits per heavy atom. The van der Waals surface area contributed by atoms with Gasteiger partial charge in [0.25, 0.3) is 11.8 Å². The van der Waals surface area contributed by atoms with Crippen molar-refractivity contribution in [3.05, 3.63) is 70.2 Å². The Morgan fingerprint density at radius 3 is 2.89 bits per heavy atom. The van der Waals surface area contributed by atoms with E-state index in [1.54, 1.807) is 27.6 Å². The van der Waals surface area contributed by atoms with Gasteiger partial charge in [-0.2, -0.15) is 11.3 Å². The highest BCUT2D eigenvalue weighted by Gasteiger charge is 2.31. The third kappa shape index (κ3) is 4.00. The summed E-state index contributed by atoms with van der Waals surface area (Å²) >= 11 is 2.92. The van der Waals surface area contributed by atoms with Crippen LogP contribution in [0.15, 0.2) is 53.4 Å².